The van der Waals surface area contributed by atoms with E-state index in [0.717, 1.165) is 41.5 Å². The number of hydrogen-bond acceptors (Lipinski definition) is 6. The number of nitrogen functional groups attached to an aromatic ring is 1. The van der Waals surface area contributed by atoms with E-state index in [1.54, 1.807) is 11.3 Å². The van der Waals surface area contributed by atoms with Gasteiger partial charge in [0, 0.05) is 13.1 Å². The van der Waals surface area contributed by atoms with Crippen LogP contribution in [0.2, 0.25) is 0 Å². The van der Waals surface area contributed by atoms with Gasteiger partial charge in [-0.2, -0.15) is 4.98 Å². The van der Waals surface area contributed by atoms with Gasteiger partial charge in [-0.05, 0) is 36.6 Å². The van der Waals surface area contributed by atoms with Crippen molar-refractivity contribution < 1.29 is 0 Å². The second-order valence-corrected chi connectivity index (χ2v) is 5.96. The van der Waals surface area contributed by atoms with Crippen molar-refractivity contribution in [3.05, 3.63) is 11.4 Å². The van der Waals surface area contributed by atoms with Gasteiger partial charge in [-0.1, -0.05) is 6.92 Å². The van der Waals surface area contributed by atoms with Crippen LogP contribution in [0.25, 0.3) is 10.2 Å². The van der Waals surface area contributed by atoms with Crippen LogP contribution in [0.3, 0.4) is 0 Å². The maximum Gasteiger partial charge on any atom is 0.239 e. The SMILES string of the molecule is CCCN(CC1CC1)c1nc(NN)nc2ccsc12. The molecule has 1 saturated carbocycles. The average Bonchev–Trinajstić information content (AvgIpc) is 3.11. The molecule has 0 aromatic carbocycles. The van der Waals surface area contributed by atoms with Crippen LogP contribution < -0.4 is 16.2 Å². The fourth-order valence-corrected chi connectivity index (χ4v) is 3.14. The second kappa shape index (κ2) is 5.30. The van der Waals surface area contributed by atoms with Crippen molar-refractivity contribution in [1.29, 1.82) is 0 Å². The molecular formula is C13H19N5S. The summed E-state index contributed by atoms with van der Waals surface area (Å²) in [4.78, 5) is 11.4. The van der Waals surface area contributed by atoms with Crippen LogP contribution in [0.4, 0.5) is 11.8 Å². The van der Waals surface area contributed by atoms with Gasteiger partial charge >= 0.3 is 0 Å². The molecule has 0 radical (unpaired) electrons. The van der Waals surface area contributed by atoms with E-state index in [0.29, 0.717) is 5.95 Å². The Morgan fingerprint density at radius 1 is 1.47 bits per heavy atom. The fourth-order valence-electron chi connectivity index (χ4n) is 2.29. The molecule has 0 bridgehead atoms. The van der Waals surface area contributed by atoms with Crippen LogP contribution in [0.1, 0.15) is 26.2 Å². The summed E-state index contributed by atoms with van der Waals surface area (Å²) in [6, 6.07) is 2.02. The van der Waals surface area contributed by atoms with Crippen molar-refractivity contribution in [1.82, 2.24) is 9.97 Å². The van der Waals surface area contributed by atoms with Crippen LogP contribution >= 0.6 is 11.3 Å². The first-order chi connectivity index (χ1) is 9.31. The van der Waals surface area contributed by atoms with E-state index < -0.39 is 0 Å². The Balaban J connectivity index is 2.00. The molecule has 19 heavy (non-hydrogen) atoms. The third-order valence-electron chi connectivity index (χ3n) is 3.38. The molecule has 0 unspecified atom stereocenters. The van der Waals surface area contributed by atoms with E-state index >= 15 is 0 Å². The molecular weight excluding hydrogens is 258 g/mol. The lowest BCUT2D eigenvalue weighted by Gasteiger charge is -2.23. The molecule has 5 nitrogen and oxygen atoms in total. The molecule has 1 fully saturated rings. The van der Waals surface area contributed by atoms with Gasteiger partial charge in [-0.3, -0.25) is 5.43 Å². The van der Waals surface area contributed by atoms with Gasteiger partial charge in [0.15, 0.2) is 5.82 Å². The number of aromatic nitrogens is 2. The van der Waals surface area contributed by atoms with Gasteiger partial charge < -0.3 is 4.90 Å². The van der Waals surface area contributed by atoms with Crippen molar-refractivity contribution in [3.63, 3.8) is 0 Å². The van der Waals surface area contributed by atoms with E-state index in [2.05, 4.69) is 32.6 Å². The number of nitrogens with one attached hydrogen (secondary N) is 1. The van der Waals surface area contributed by atoms with Crippen molar-refractivity contribution in [2.45, 2.75) is 26.2 Å². The molecule has 0 atom stereocenters. The smallest absolute Gasteiger partial charge is 0.239 e. The molecule has 6 heteroatoms. The fraction of sp³-hybridized carbons (Fsp3) is 0.538. The predicted octanol–water partition coefficient (Wildman–Crippen LogP) is 2.60. The molecule has 3 rings (SSSR count). The van der Waals surface area contributed by atoms with Gasteiger partial charge in [-0.15, -0.1) is 11.3 Å². The van der Waals surface area contributed by atoms with Gasteiger partial charge in [0.05, 0.1) is 10.2 Å². The van der Waals surface area contributed by atoms with Gasteiger partial charge in [0.1, 0.15) is 0 Å². The molecule has 2 aromatic rings. The second-order valence-electron chi connectivity index (χ2n) is 5.04. The number of nitrogens with zero attached hydrogens (tertiary/aromatic N) is 3. The summed E-state index contributed by atoms with van der Waals surface area (Å²) >= 11 is 1.70. The predicted molar refractivity (Wildman–Crippen MR) is 80.5 cm³/mol. The molecule has 0 aliphatic heterocycles. The van der Waals surface area contributed by atoms with Gasteiger partial charge in [0.25, 0.3) is 0 Å². The first kappa shape index (κ1) is 12.6. The van der Waals surface area contributed by atoms with Crippen molar-refractivity contribution in [3.8, 4) is 0 Å². The van der Waals surface area contributed by atoms with E-state index in [-0.39, 0.29) is 0 Å². The number of nitrogens with two attached hydrogens (primary N) is 1. The maximum absolute atomic E-state index is 5.48. The third-order valence-corrected chi connectivity index (χ3v) is 4.28. The summed E-state index contributed by atoms with van der Waals surface area (Å²) in [5.74, 6) is 7.84. The Hall–Kier alpha value is -1.40. The minimum atomic E-state index is 0.498. The standard InChI is InChI=1S/C13H19N5S/c1-2-6-18(8-9-3-4-9)12-11-10(5-7-19-11)15-13(16-12)17-14/h5,7,9H,2-4,6,8,14H2,1H3,(H,15,16,17). The first-order valence-corrected chi connectivity index (χ1v) is 7.66. The number of rotatable bonds is 6. The molecule has 2 aromatic heterocycles. The number of hydrazine groups is 1. The Labute approximate surface area is 116 Å². The summed E-state index contributed by atoms with van der Waals surface area (Å²) in [6.45, 7) is 4.33. The van der Waals surface area contributed by atoms with Crippen molar-refractivity contribution in [2.75, 3.05) is 23.4 Å². The zero-order chi connectivity index (χ0) is 13.2. The minimum Gasteiger partial charge on any atom is -0.355 e. The summed E-state index contributed by atoms with van der Waals surface area (Å²) in [5, 5.41) is 2.06. The van der Waals surface area contributed by atoms with Crippen LogP contribution in [-0.2, 0) is 0 Å². The van der Waals surface area contributed by atoms with Gasteiger partial charge in [0.2, 0.25) is 5.95 Å². The number of hydrogen-bond donors (Lipinski definition) is 2. The van der Waals surface area contributed by atoms with Crippen LogP contribution in [0, 0.1) is 5.92 Å². The van der Waals surface area contributed by atoms with Crippen LogP contribution in [0.5, 0.6) is 0 Å². The quantitative estimate of drug-likeness (QED) is 0.627. The number of anilines is 2. The monoisotopic (exact) mass is 277 g/mol. The molecule has 1 aliphatic carbocycles. The lowest BCUT2D eigenvalue weighted by atomic mass is 10.3. The van der Waals surface area contributed by atoms with E-state index in [4.69, 9.17) is 5.84 Å². The highest BCUT2D eigenvalue weighted by atomic mass is 32.1. The Morgan fingerprint density at radius 2 is 2.32 bits per heavy atom. The highest BCUT2D eigenvalue weighted by molar-refractivity contribution is 7.17. The Bertz CT molecular complexity index is 563. The zero-order valence-corrected chi connectivity index (χ0v) is 11.9. The largest absolute Gasteiger partial charge is 0.355 e. The Morgan fingerprint density at radius 3 is 3.00 bits per heavy atom. The molecule has 3 N–H and O–H groups in total. The molecule has 0 saturated heterocycles. The molecule has 0 spiro atoms. The highest BCUT2D eigenvalue weighted by Gasteiger charge is 2.26. The van der Waals surface area contributed by atoms with Crippen LogP contribution in [-0.4, -0.2) is 23.1 Å². The van der Waals surface area contributed by atoms with E-state index in [9.17, 15) is 0 Å². The van der Waals surface area contributed by atoms with E-state index in [1.165, 1.54) is 12.8 Å². The zero-order valence-electron chi connectivity index (χ0n) is 11.1. The average molecular weight is 277 g/mol. The van der Waals surface area contributed by atoms with E-state index in [1.807, 2.05) is 6.07 Å². The van der Waals surface area contributed by atoms with Crippen molar-refractivity contribution >= 4 is 33.3 Å². The Kier molecular flexibility index (Phi) is 3.52. The molecule has 2 heterocycles. The number of fused-ring (bicyclic) bond motifs is 1. The minimum absolute atomic E-state index is 0.498. The molecule has 0 amide bonds. The lowest BCUT2D eigenvalue weighted by molar-refractivity contribution is 0.702. The van der Waals surface area contributed by atoms with Crippen molar-refractivity contribution in [2.24, 2.45) is 11.8 Å². The topological polar surface area (TPSA) is 67.1 Å². The summed E-state index contributed by atoms with van der Waals surface area (Å²) in [6.07, 6.45) is 3.82. The normalized spacial score (nSPS) is 14.8. The third kappa shape index (κ3) is 2.64. The summed E-state index contributed by atoms with van der Waals surface area (Å²) in [5.41, 5.74) is 3.54. The first-order valence-electron chi connectivity index (χ1n) is 6.78. The molecule has 1 aliphatic rings. The summed E-state index contributed by atoms with van der Waals surface area (Å²) in [7, 11) is 0. The summed E-state index contributed by atoms with van der Waals surface area (Å²) < 4.78 is 1.16. The highest BCUT2D eigenvalue weighted by Crippen LogP contribution is 2.35. The number of thiophene rings is 1. The maximum atomic E-state index is 5.48. The lowest BCUT2D eigenvalue weighted by Crippen LogP contribution is -2.28. The van der Waals surface area contributed by atoms with Gasteiger partial charge in [-0.25, -0.2) is 10.8 Å². The molecule has 102 valence electrons. The van der Waals surface area contributed by atoms with Crippen LogP contribution in [0.15, 0.2) is 11.4 Å².